The average Bonchev–Trinajstić information content (AvgIpc) is 2.58. The van der Waals surface area contributed by atoms with Gasteiger partial charge in [-0.15, -0.1) is 6.58 Å². The zero-order valence-corrected chi connectivity index (χ0v) is 14.5. The van der Waals surface area contributed by atoms with E-state index in [4.69, 9.17) is 4.74 Å². The zero-order valence-electron chi connectivity index (χ0n) is 14.5. The quantitative estimate of drug-likeness (QED) is 0.451. The van der Waals surface area contributed by atoms with E-state index in [9.17, 15) is 15.2 Å². The Labute approximate surface area is 143 Å². The average molecular weight is 328 g/mol. The van der Waals surface area contributed by atoms with E-state index in [2.05, 4.69) is 6.58 Å². The molecule has 0 aliphatic heterocycles. The smallest absolute Gasteiger partial charge is 0.264 e. The summed E-state index contributed by atoms with van der Waals surface area (Å²) in [5.74, 6) is 0.0805. The number of hydrogen-bond donors (Lipinski definition) is 1. The topological polar surface area (TPSA) is 73.6 Å². The maximum absolute atomic E-state index is 12.4. The first-order valence-corrected chi connectivity index (χ1v) is 8.02. The Balaban J connectivity index is 3.35. The van der Waals surface area contributed by atoms with Gasteiger partial charge in [0.2, 0.25) is 0 Å². The molecule has 24 heavy (non-hydrogen) atoms. The molecule has 1 aromatic carbocycles. The largest absolute Gasteiger partial charge is 0.504 e. The van der Waals surface area contributed by atoms with Crippen LogP contribution in [0.15, 0.2) is 30.4 Å². The van der Waals surface area contributed by atoms with Crippen LogP contribution in [-0.4, -0.2) is 35.6 Å². The van der Waals surface area contributed by atoms with E-state index in [1.54, 1.807) is 23.1 Å². The molecular formula is C19H24N2O3. The summed E-state index contributed by atoms with van der Waals surface area (Å²) in [5.41, 5.74) is 1.32. The second kappa shape index (κ2) is 9.41. The monoisotopic (exact) mass is 328 g/mol. The molecule has 0 radical (unpaired) electrons. The molecule has 128 valence electrons. The number of nitriles is 1. The van der Waals surface area contributed by atoms with E-state index in [1.807, 2.05) is 26.8 Å². The van der Waals surface area contributed by atoms with Crippen LogP contribution in [0.1, 0.15) is 31.9 Å². The molecule has 0 atom stereocenters. The molecular weight excluding hydrogens is 304 g/mol. The van der Waals surface area contributed by atoms with E-state index in [0.29, 0.717) is 43.0 Å². The van der Waals surface area contributed by atoms with E-state index >= 15 is 0 Å². The zero-order chi connectivity index (χ0) is 18.1. The lowest BCUT2D eigenvalue weighted by molar-refractivity contribution is -0.126. The van der Waals surface area contributed by atoms with Crippen LogP contribution >= 0.6 is 0 Å². The number of phenols is 1. The minimum absolute atomic E-state index is 0.0522. The van der Waals surface area contributed by atoms with Crippen molar-refractivity contribution in [3.05, 3.63) is 41.5 Å². The van der Waals surface area contributed by atoms with Crippen LogP contribution in [0.2, 0.25) is 0 Å². The number of ether oxygens (including phenoxy) is 1. The fourth-order valence-electron chi connectivity index (χ4n) is 2.34. The van der Waals surface area contributed by atoms with Gasteiger partial charge in [-0.3, -0.25) is 4.79 Å². The molecule has 0 aliphatic rings. The van der Waals surface area contributed by atoms with E-state index in [0.717, 1.165) is 0 Å². The number of aromatic hydroxyl groups is 1. The van der Waals surface area contributed by atoms with Gasteiger partial charge in [-0.2, -0.15) is 5.26 Å². The highest BCUT2D eigenvalue weighted by molar-refractivity contribution is 6.01. The molecule has 0 spiro atoms. The lowest BCUT2D eigenvalue weighted by atomic mass is 10.0. The minimum Gasteiger partial charge on any atom is -0.504 e. The van der Waals surface area contributed by atoms with Gasteiger partial charge in [0.15, 0.2) is 11.5 Å². The van der Waals surface area contributed by atoms with Crippen molar-refractivity contribution in [1.29, 1.82) is 5.26 Å². The summed E-state index contributed by atoms with van der Waals surface area (Å²) < 4.78 is 5.44. The summed E-state index contributed by atoms with van der Waals surface area (Å²) in [5, 5.41) is 19.5. The van der Waals surface area contributed by atoms with Crippen molar-refractivity contribution >= 4 is 12.0 Å². The van der Waals surface area contributed by atoms with Crippen molar-refractivity contribution < 1.29 is 14.6 Å². The van der Waals surface area contributed by atoms with Crippen LogP contribution < -0.4 is 4.74 Å². The maximum atomic E-state index is 12.4. The Kier molecular flexibility index (Phi) is 7.57. The number of amides is 1. The highest BCUT2D eigenvalue weighted by atomic mass is 16.5. The van der Waals surface area contributed by atoms with Crippen molar-refractivity contribution in [2.24, 2.45) is 0 Å². The minimum atomic E-state index is -0.307. The molecule has 0 saturated heterocycles. The van der Waals surface area contributed by atoms with Gasteiger partial charge in [0.1, 0.15) is 11.6 Å². The van der Waals surface area contributed by atoms with Crippen molar-refractivity contribution in [2.45, 2.75) is 27.2 Å². The Morgan fingerprint density at radius 1 is 1.38 bits per heavy atom. The fourth-order valence-corrected chi connectivity index (χ4v) is 2.34. The summed E-state index contributed by atoms with van der Waals surface area (Å²) in [6.45, 7) is 10.7. The maximum Gasteiger partial charge on any atom is 0.264 e. The van der Waals surface area contributed by atoms with Gasteiger partial charge in [-0.25, -0.2) is 0 Å². The van der Waals surface area contributed by atoms with Crippen LogP contribution in [0.3, 0.4) is 0 Å². The Morgan fingerprint density at radius 3 is 2.54 bits per heavy atom. The number of nitrogens with zero attached hydrogens (tertiary/aromatic N) is 2. The highest BCUT2D eigenvalue weighted by Crippen LogP contribution is 2.33. The molecule has 5 heteroatoms. The Hall–Kier alpha value is -2.74. The number of phenolic OH excluding ortho intramolecular Hbond substituents is 1. The van der Waals surface area contributed by atoms with Crippen LogP contribution in [-0.2, 0) is 11.2 Å². The normalized spacial score (nSPS) is 10.8. The molecule has 1 N–H and O–H groups in total. The van der Waals surface area contributed by atoms with Crippen LogP contribution in [0.25, 0.3) is 6.08 Å². The predicted molar refractivity (Wildman–Crippen MR) is 94.7 cm³/mol. The third-order valence-electron chi connectivity index (χ3n) is 3.55. The number of allylic oxidation sites excluding steroid dienone is 1. The first-order chi connectivity index (χ1) is 11.5. The summed E-state index contributed by atoms with van der Waals surface area (Å²) >= 11 is 0. The van der Waals surface area contributed by atoms with Crippen LogP contribution in [0.4, 0.5) is 0 Å². The van der Waals surface area contributed by atoms with Crippen molar-refractivity contribution in [2.75, 3.05) is 19.7 Å². The van der Waals surface area contributed by atoms with Gasteiger partial charge in [0.25, 0.3) is 5.91 Å². The number of hydrogen-bond acceptors (Lipinski definition) is 4. The van der Waals surface area contributed by atoms with Gasteiger partial charge in [-0.05, 0) is 51.0 Å². The molecule has 5 nitrogen and oxygen atoms in total. The molecule has 0 unspecified atom stereocenters. The summed E-state index contributed by atoms with van der Waals surface area (Å²) in [7, 11) is 0. The van der Waals surface area contributed by atoms with Gasteiger partial charge < -0.3 is 14.7 Å². The number of rotatable bonds is 8. The SMILES string of the molecule is C=CCc1cc(C=C(C#N)C(=O)N(CC)CC)cc(OCC)c1O. The highest BCUT2D eigenvalue weighted by Gasteiger charge is 2.16. The van der Waals surface area contributed by atoms with E-state index in [-0.39, 0.29) is 17.2 Å². The molecule has 0 aromatic heterocycles. The first kappa shape index (κ1) is 19.3. The molecule has 1 rings (SSSR count). The lowest BCUT2D eigenvalue weighted by Crippen LogP contribution is -2.31. The van der Waals surface area contributed by atoms with Gasteiger partial charge in [-0.1, -0.05) is 6.08 Å². The first-order valence-electron chi connectivity index (χ1n) is 8.02. The van der Waals surface area contributed by atoms with E-state index in [1.165, 1.54) is 6.08 Å². The molecule has 0 heterocycles. The summed E-state index contributed by atoms with van der Waals surface area (Å²) in [6.07, 6.45) is 3.65. The second-order valence-corrected chi connectivity index (χ2v) is 5.10. The number of carbonyl (C=O) groups excluding carboxylic acids is 1. The molecule has 0 saturated carbocycles. The number of likely N-dealkylation sites (N-methyl/N-ethyl adjacent to an activating group) is 1. The van der Waals surface area contributed by atoms with Crippen molar-refractivity contribution in [3.8, 4) is 17.6 Å². The number of carbonyl (C=O) groups is 1. The van der Waals surface area contributed by atoms with Crippen molar-refractivity contribution in [3.63, 3.8) is 0 Å². The van der Waals surface area contributed by atoms with Crippen LogP contribution in [0.5, 0.6) is 11.5 Å². The van der Waals surface area contributed by atoms with Crippen LogP contribution in [0, 0.1) is 11.3 Å². The standard InChI is InChI=1S/C19H24N2O3/c1-5-9-15-10-14(12-17(18(15)22)24-8-4)11-16(13-20)19(23)21(6-2)7-3/h5,10-12,22H,1,6-9H2,2-4H3. The Morgan fingerprint density at radius 2 is 2.04 bits per heavy atom. The third kappa shape index (κ3) is 4.63. The lowest BCUT2D eigenvalue weighted by Gasteiger charge is -2.18. The van der Waals surface area contributed by atoms with E-state index < -0.39 is 0 Å². The Bertz CT molecular complexity index is 668. The fraction of sp³-hybridized carbons (Fsp3) is 0.368. The summed E-state index contributed by atoms with van der Waals surface area (Å²) in [6, 6.07) is 5.32. The molecule has 0 bridgehead atoms. The molecule has 1 amide bonds. The third-order valence-corrected chi connectivity index (χ3v) is 3.55. The number of benzene rings is 1. The molecule has 0 aliphatic carbocycles. The van der Waals surface area contributed by atoms with Crippen molar-refractivity contribution in [1.82, 2.24) is 4.90 Å². The predicted octanol–water partition coefficient (Wildman–Crippen LogP) is 3.29. The van der Waals surface area contributed by atoms with Gasteiger partial charge in [0.05, 0.1) is 6.61 Å². The molecule has 1 aromatic rings. The van der Waals surface area contributed by atoms with Gasteiger partial charge >= 0.3 is 0 Å². The molecule has 0 fully saturated rings. The van der Waals surface area contributed by atoms with Gasteiger partial charge in [0, 0.05) is 18.7 Å². The second-order valence-electron chi connectivity index (χ2n) is 5.10. The summed E-state index contributed by atoms with van der Waals surface area (Å²) in [4.78, 5) is 14.0.